The van der Waals surface area contributed by atoms with E-state index in [1.54, 1.807) is 15.6 Å². The van der Waals surface area contributed by atoms with Crippen molar-refractivity contribution in [2.75, 3.05) is 19.6 Å². The van der Waals surface area contributed by atoms with Gasteiger partial charge in [0.05, 0.1) is 6.54 Å². The molecule has 0 atom stereocenters. The molecular formula is C21H31N7O2. The van der Waals surface area contributed by atoms with Crippen molar-refractivity contribution in [2.24, 2.45) is 5.92 Å². The van der Waals surface area contributed by atoms with E-state index in [2.05, 4.69) is 33.7 Å². The fourth-order valence-corrected chi connectivity index (χ4v) is 4.33. The largest absolute Gasteiger partial charge is 0.343 e. The van der Waals surface area contributed by atoms with Crippen LogP contribution < -0.4 is 0 Å². The minimum absolute atomic E-state index is 0.0602. The van der Waals surface area contributed by atoms with Crippen molar-refractivity contribution in [3.63, 3.8) is 0 Å². The molecule has 0 spiro atoms. The summed E-state index contributed by atoms with van der Waals surface area (Å²) in [6.45, 7) is 10.2. The van der Waals surface area contributed by atoms with Crippen LogP contribution in [0.5, 0.6) is 0 Å². The lowest BCUT2D eigenvalue weighted by molar-refractivity contribution is -0.133. The molecule has 4 heterocycles. The van der Waals surface area contributed by atoms with E-state index in [0.717, 1.165) is 44.1 Å². The highest BCUT2D eigenvalue weighted by Crippen LogP contribution is 2.29. The molecule has 2 aromatic heterocycles. The van der Waals surface area contributed by atoms with Gasteiger partial charge in [0.25, 0.3) is 5.91 Å². The molecule has 0 N–H and O–H groups in total. The van der Waals surface area contributed by atoms with Gasteiger partial charge in [-0.15, -0.1) is 10.2 Å². The number of nitrogens with zero attached hydrogens (tertiary/aromatic N) is 7. The normalized spacial score (nSPS) is 17.5. The van der Waals surface area contributed by atoms with Crippen molar-refractivity contribution >= 4 is 11.8 Å². The molecule has 1 fully saturated rings. The quantitative estimate of drug-likeness (QED) is 0.747. The SMILES string of the molecule is CCn1ccc(C(=O)N2CCn3c(nnc3C3CCN(C(=O)CC(C)C)CC3)C2)n1. The molecule has 9 heteroatoms. The number of likely N-dealkylation sites (tertiary alicyclic amines) is 1. The van der Waals surface area contributed by atoms with Crippen LogP contribution in [-0.2, 0) is 24.4 Å². The lowest BCUT2D eigenvalue weighted by Gasteiger charge is -2.33. The second-order valence-corrected chi connectivity index (χ2v) is 8.66. The molecule has 0 saturated carbocycles. The highest BCUT2D eigenvalue weighted by atomic mass is 16.2. The van der Waals surface area contributed by atoms with Crippen LogP contribution >= 0.6 is 0 Å². The zero-order chi connectivity index (χ0) is 21.3. The van der Waals surface area contributed by atoms with Crippen molar-refractivity contribution < 1.29 is 9.59 Å². The third kappa shape index (κ3) is 4.11. The molecule has 0 aromatic carbocycles. The number of amides is 2. The second-order valence-electron chi connectivity index (χ2n) is 8.66. The predicted molar refractivity (Wildman–Crippen MR) is 111 cm³/mol. The third-order valence-corrected chi connectivity index (χ3v) is 6.05. The Morgan fingerprint density at radius 3 is 2.53 bits per heavy atom. The summed E-state index contributed by atoms with van der Waals surface area (Å²) >= 11 is 0. The molecule has 0 aliphatic carbocycles. The number of piperidine rings is 1. The van der Waals surface area contributed by atoms with E-state index in [-0.39, 0.29) is 11.8 Å². The summed E-state index contributed by atoms with van der Waals surface area (Å²) in [5, 5.41) is 13.2. The highest BCUT2D eigenvalue weighted by Gasteiger charge is 2.31. The van der Waals surface area contributed by atoms with E-state index < -0.39 is 0 Å². The molecule has 4 rings (SSSR count). The number of carbonyl (C=O) groups is 2. The van der Waals surface area contributed by atoms with Crippen molar-refractivity contribution in [3.8, 4) is 0 Å². The molecule has 2 aliphatic heterocycles. The Labute approximate surface area is 177 Å². The summed E-state index contributed by atoms with van der Waals surface area (Å²) in [6, 6.07) is 1.77. The molecule has 0 unspecified atom stereocenters. The fourth-order valence-electron chi connectivity index (χ4n) is 4.33. The number of carbonyl (C=O) groups excluding carboxylic acids is 2. The van der Waals surface area contributed by atoms with Gasteiger partial charge >= 0.3 is 0 Å². The summed E-state index contributed by atoms with van der Waals surface area (Å²) in [7, 11) is 0. The minimum atomic E-state index is -0.0602. The number of aromatic nitrogens is 5. The first kappa shape index (κ1) is 20.6. The predicted octanol–water partition coefficient (Wildman–Crippen LogP) is 1.90. The maximum atomic E-state index is 12.8. The Bertz CT molecular complexity index is 908. The zero-order valence-electron chi connectivity index (χ0n) is 18.1. The molecule has 0 radical (unpaired) electrons. The van der Waals surface area contributed by atoms with Crippen LogP contribution in [-0.4, -0.2) is 65.8 Å². The van der Waals surface area contributed by atoms with Gasteiger partial charge in [-0.1, -0.05) is 13.8 Å². The van der Waals surface area contributed by atoms with E-state index in [4.69, 9.17) is 0 Å². The first-order valence-corrected chi connectivity index (χ1v) is 11.0. The average Bonchev–Trinajstić information content (AvgIpc) is 3.39. The van der Waals surface area contributed by atoms with Crippen molar-refractivity contribution in [3.05, 3.63) is 29.6 Å². The highest BCUT2D eigenvalue weighted by molar-refractivity contribution is 5.92. The first-order chi connectivity index (χ1) is 14.5. The van der Waals surface area contributed by atoms with E-state index in [1.165, 1.54) is 0 Å². The molecule has 162 valence electrons. The maximum Gasteiger partial charge on any atom is 0.274 e. The maximum absolute atomic E-state index is 12.8. The van der Waals surface area contributed by atoms with Gasteiger partial charge in [-0.2, -0.15) is 5.10 Å². The fraction of sp³-hybridized carbons (Fsp3) is 0.667. The summed E-state index contributed by atoms with van der Waals surface area (Å²) in [4.78, 5) is 28.9. The van der Waals surface area contributed by atoms with Gasteiger partial charge in [-0.3, -0.25) is 14.3 Å². The van der Waals surface area contributed by atoms with E-state index in [1.807, 2.05) is 18.0 Å². The van der Waals surface area contributed by atoms with Crippen molar-refractivity contribution in [2.45, 2.75) is 65.6 Å². The lowest BCUT2D eigenvalue weighted by atomic mass is 9.95. The van der Waals surface area contributed by atoms with Crippen LogP contribution in [0.4, 0.5) is 0 Å². The van der Waals surface area contributed by atoms with Crippen LogP contribution in [0.15, 0.2) is 12.3 Å². The smallest absolute Gasteiger partial charge is 0.274 e. The average molecular weight is 414 g/mol. The van der Waals surface area contributed by atoms with E-state index >= 15 is 0 Å². The van der Waals surface area contributed by atoms with Gasteiger partial charge in [0.1, 0.15) is 11.5 Å². The Balaban J connectivity index is 1.38. The Morgan fingerprint density at radius 1 is 1.10 bits per heavy atom. The summed E-state index contributed by atoms with van der Waals surface area (Å²) in [5.74, 6) is 2.74. The van der Waals surface area contributed by atoms with Gasteiger partial charge in [-0.05, 0) is 31.7 Å². The molecule has 0 bridgehead atoms. The molecule has 9 nitrogen and oxygen atoms in total. The number of hydrogen-bond acceptors (Lipinski definition) is 5. The first-order valence-electron chi connectivity index (χ1n) is 11.0. The van der Waals surface area contributed by atoms with Crippen LogP contribution in [0.2, 0.25) is 0 Å². The van der Waals surface area contributed by atoms with Crippen LogP contribution in [0.3, 0.4) is 0 Å². The number of aryl methyl sites for hydroxylation is 1. The summed E-state index contributed by atoms with van der Waals surface area (Å²) < 4.78 is 3.93. The molecule has 1 saturated heterocycles. The lowest BCUT2D eigenvalue weighted by Crippen LogP contribution is -2.40. The molecular weight excluding hydrogens is 382 g/mol. The topological polar surface area (TPSA) is 89.2 Å². The molecule has 2 amide bonds. The standard InChI is InChI=1S/C21H31N7O2/c1-4-27-10-7-17(24-27)21(30)26-11-12-28-18(14-26)22-23-20(28)16-5-8-25(9-6-16)19(29)13-15(2)3/h7,10,15-16H,4-6,8-9,11-14H2,1-3H3. The Hall–Kier alpha value is -2.71. The van der Waals surface area contributed by atoms with Gasteiger partial charge < -0.3 is 14.4 Å². The zero-order valence-corrected chi connectivity index (χ0v) is 18.1. The summed E-state index contributed by atoms with van der Waals surface area (Å²) in [5.41, 5.74) is 0.475. The monoisotopic (exact) mass is 413 g/mol. The molecule has 2 aliphatic rings. The van der Waals surface area contributed by atoms with Crippen LogP contribution in [0.1, 0.15) is 68.1 Å². The number of rotatable bonds is 5. The molecule has 30 heavy (non-hydrogen) atoms. The summed E-state index contributed by atoms with van der Waals surface area (Å²) in [6.07, 6.45) is 4.28. The van der Waals surface area contributed by atoms with E-state index in [0.29, 0.717) is 43.6 Å². The number of fused-ring (bicyclic) bond motifs is 1. The van der Waals surface area contributed by atoms with E-state index in [9.17, 15) is 9.59 Å². The van der Waals surface area contributed by atoms with Crippen LogP contribution in [0.25, 0.3) is 0 Å². The molecule has 2 aromatic rings. The van der Waals surface area contributed by atoms with Gasteiger partial charge in [0.2, 0.25) is 5.91 Å². The van der Waals surface area contributed by atoms with Crippen molar-refractivity contribution in [1.82, 2.24) is 34.3 Å². The van der Waals surface area contributed by atoms with Gasteiger partial charge in [-0.25, -0.2) is 0 Å². The Morgan fingerprint density at radius 2 is 1.87 bits per heavy atom. The third-order valence-electron chi connectivity index (χ3n) is 6.05. The van der Waals surface area contributed by atoms with Gasteiger partial charge in [0.15, 0.2) is 5.82 Å². The van der Waals surface area contributed by atoms with Gasteiger partial charge in [0, 0.05) is 51.3 Å². The van der Waals surface area contributed by atoms with Crippen LogP contribution in [0, 0.1) is 5.92 Å². The van der Waals surface area contributed by atoms with Crippen molar-refractivity contribution in [1.29, 1.82) is 0 Å². The Kier molecular flexibility index (Phi) is 5.87. The minimum Gasteiger partial charge on any atom is -0.343 e. The number of hydrogen-bond donors (Lipinski definition) is 0. The second kappa shape index (κ2) is 8.57.